The number of amides is 1. The van der Waals surface area contributed by atoms with Gasteiger partial charge in [-0.15, -0.1) is 0 Å². The Balaban J connectivity index is 2.17. The molecule has 78 valence electrons. The predicted octanol–water partition coefficient (Wildman–Crippen LogP) is 0.736. The second kappa shape index (κ2) is 5.39. The molecule has 0 aromatic carbocycles. The number of rotatable bonds is 5. The number of hydrogen-bond donors (Lipinski definition) is 3. The molecule has 0 atom stereocenters. The summed E-state index contributed by atoms with van der Waals surface area (Å²) in [6, 6.07) is 0.414. The lowest BCUT2D eigenvalue weighted by Gasteiger charge is -2.07. The molecule has 0 aliphatic carbocycles. The van der Waals surface area contributed by atoms with E-state index in [0.717, 1.165) is 0 Å². The summed E-state index contributed by atoms with van der Waals surface area (Å²) in [6.07, 6.45) is 3.70. The van der Waals surface area contributed by atoms with Gasteiger partial charge in [0.1, 0.15) is 0 Å². The van der Waals surface area contributed by atoms with Gasteiger partial charge < -0.3 is 10.6 Å². The number of aromatic amines is 1. The Morgan fingerprint density at radius 2 is 2.43 bits per heavy atom. The quantitative estimate of drug-likeness (QED) is 0.650. The van der Waals surface area contributed by atoms with Gasteiger partial charge in [-0.05, 0) is 0 Å². The molecule has 0 saturated carbocycles. The van der Waals surface area contributed by atoms with E-state index in [1.807, 2.05) is 13.8 Å². The number of anilines is 1. The fourth-order valence-corrected chi connectivity index (χ4v) is 1.02. The molecule has 14 heavy (non-hydrogen) atoms. The molecule has 0 unspecified atom stereocenters. The first-order valence-electron chi connectivity index (χ1n) is 4.70. The van der Waals surface area contributed by atoms with Gasteiger partial charge in [-0.3, -0.25) is 9.89 Å². The molecule has 1 amide bonds. The number of H-pyrrole nitrogens is 1. The highest BCUT2D eigenvalue weighted by molar-refractivity contribution is 5.90. The first-order valence-corrected chi connectivity index (χ1v) is 4.70. The van der Waals surface area contributed by atoms with Gasteiger partial charge in [-0.25, -0.2) is 0 Å². The van der Waals surface area contributed by atoms with E-state index in [9.17, 15) is 4.79 Å². The van der Waals surface area contributed by atoms with Crippen LogP contribution in [0.5, 0.6) is 0 Å². The van der Waals surface area contributed by atoms with Crippen molar-refractivity contribution in [3.63, 3.8) is 0 Å². The zero-order valence-corrected chi connectivity index (χ0v) is 8.50. The number of hydrogen-bond acceptors (Lipinski definition) is 3. The highest BCUT2D eigenvalue weighted by Crippen LogP contribution is 2.00. The molecular formula is C9H16N4O. The van der Waals surface area contributed by atoms with Crippen LogP contribution in [0.25, 0.3) is 0 Å². The zero-order chi connectivity index (χ0) is 10.4. The third kappa shape index (κ3) is 4.04. The molecule has 0 aliphatic heterocycles. The van der Waals surface area contributed by atoms with Crippen molar-refractivity contribution in [3.8, 4) is 0 Å². The van der Waals surface area contributed by atoms with Crippen LogP contribution in [0.2, 0.25) is 0 Å². The van der Waals surface area contributed by atoms with Gasteiger partial charge in [0, 0.05) is 25.2 Å². The Labute approximate surface area is 83.3 Å². The van der Waals surface area contributed by atoms with Crippen LogP contribution in [-0.2, 0) is 4.79 Å². The molecule has 1 rings (SSSR count). The van der Waals surface area contributed by atoms with E-state index < -0.39 is 0 Å². The number of aromatic nitrogens is 2. The topological polar surface area (TPSA) is 69.8 Å². The van der Waals surface area contributed by atoms with Crippen LogP contribution >= 0.6 is 0 Å². The largest absolute Gasteiger partial charge is 0.323 e. The summed E-state index contributed by atoms with van der Waals surface area (Å²) in [4.78, 5) is 11.3. The minimum atomic E-state index is -0.000417. The van der Waals surface area contributed by atoms with Gasteiger partial charge in [-0.2, -0.15) is 5.10 Å². The average molecular weight is 196 g/mol. The summed E-state index contributed by atoms with van der Waals surface area (Å²) >= 11 is 0. The van der Waals surface area contributed by atoms with Crippen LogP contribution in [0.3, 0.4) is 0 Å². The molecule has 1 aromatic rings. The summed E-state index contributed by atoms with van der Waals surface area (Å²) in [5.41, 5.74) is 0.708. The number of carbonyl (C=O) groups is 1. The molecule has 3 N–H and O–H groups in total. The van der Waals surface area contributed by atoms with Gasteiger partial charge >= 0.3 is 0 Å². The fourth-order valence-electron chi connectivity index (χ4n) is 1.02. The number of carbonyl (C=O) groups excluding carboxylic acids is 1. The molecule has 5 heteroatoms. The molecule has 0 aliphatic rings. The summed E-state index contributed by atoms with van der Waals surface area (Å²) in [6.45, 7) is 4.79. The van der Waals surface area contributed by atoms with E-state index in [1.54, 1.807) is 12.4 Å². The molecule has 5 nitrogen and oxygen atoms in total. The summed E-state index contributed by atoms with van der Waals surface area (Å²) < 4.78 is 0. The van der Waals surface area contributed by atoms with Crippen LogP contribution in [-0.4, -0.2) is 28.7 Å². The molecule has 0 bridgehead atoms. The van der Waals surface area contributed by atoms with Crippen molar-refractivity contribution < 1.29 is 4.79 Å². The van der Waals surface area contributed by atoms with Crippen molar-refractivity contribution >= 4 is 11.6 Å². The maximum absolute atomic E-state index is 11.3. The van der Waals surface area contributed by atoms with E-state index >= 15 is 0 Å². The lowest BCUT2D eigenvalue weighted by molar-refractivity contribution is -0.116. The smallest absolute Gasteiger partial charge is 0.225 e. The summed E-state index contributed by atoms with van der Waals surface area (Å²) in [5.74, 6) is -0.000417. The van der Waals surface area contributed by atoms with Crippen molar-refractivity contribution in [3.05, 3.63) is 12.4 Å². The normalized spacial score (nSPS) is 10.5. The summed E-state index contributed by atoms with van der Waals surface area (Å²) in [7, 11) is 0. The minimum Gasteiger partial charge on any atom is -0.323 e. The monoisotopic (exact) mass is 196 g/mol. The molecule has 0 saturated heterocycles. The first kappa shape index (κ1) is 10.7. The van der Waals surface area contributed by atoms with Crippen LogP contribution in [0.15, 0.2) is 12.4 Å². The maximum Gasteiger partial charge on any atom is 0.225 e. The van der Waals surface area contributed by atoms with Crippen LogP contribution < -0.4 is 10.6 Å². The molecule has 1 aromatic heterocycles. The Kier molecular flexibility index (Phi) is 4.12. The summed E-state index contributed by atoms with van der Waals surface area (Å²) in [5, 5.41) is 12.3. The fraction of sp³-hybridized carbons (Fsp3) is 0.556. The Hall–Kier alpha value is -1.36. The predicted molar refractivity (Wildman–Crippen MR) is 55.0 cm³/mol. The molecule has 0 fully saturated rings. The highest BCUT2D eigenvalue weighted by Gasteiger charge is 2.02. The minimum absolute atomic E-state index is 0.000417. The second-order valence-corrected chi connectivity index (χ2v) is 3.39. The van der Waals surface area contributed by atoms with E-state index in [2.05, 4.69) is 20.8 Å². The SMILES string of the molecule is CC(C)NCCC(=O)Nc1cn[nH]c1. The third-order valence-corrected chi connectivity index (χ3v) is 1.69. The van der Waals surface area contributed by atoms with Crippen molar-refractivity contribution in [2.45, 2.75) is 26.3 Å². The van der Waals surface area contributed by atoms with Crippen molar-refractivity contribution in [1.29, 1.82) is 0 Å². The number of nitrogens with zero attached hydrogens (tertiary/aromatic N) is 1. The molecular weight excluding hydrogens is 180 g/mol. The van der Waals surface area contributed by atoms with E-state index in [-0.39, 0.29) is 5.91 Å². The van der Waals surface area contributed by atoms with Crippen molar-refractivity contribution in [2.24, 2.45) is 0 Å². The molecule has 0 radical (unpaired) electrons. The van der Waals surface area contributed by atoms with Crippen molar-refractivity contribution in [2.75, 3.05) is 11.9 Å². The average Bonchev–Trinajstić information content (AvgIpc) is 2.56. The van der Waals surface area contributed by atoms with Crippen molar-refractivity contribution in [1.82, 2.24) is 15.5 Å². The molecule has 1 heterocycles. The van der Waals surface area contributed by atoms with E-state index in [1.165, 1.54) is 0 Å². The van der Waals surface area contributed by atoms with Gasteiger partial charge in [0.05, 0.1) is 11.9 Å². The Morgan fingerprint density at radius 1 is 1.64 bits per heavy atom. The van der Waals surface area contributed by atoms with Crippen LogP contribution in [0.1, 0.15) is 20.3 Å². The van der Waals surface area contributed by atoms with Gasteiger partial charge in [0.15, 0.2) is 0 Å². The molecule has 0 spiro atoms. The van der Waals surface area contributed by atoms with E-state index in [4.69, 9.17) is 0 Å². The maximum atomic E-state index is 11.3. The highest BCUT2D eigenvalue weighted by atomic mass is 16.1. The van der Waals surface area contributed by atoms with Crippen LogP contribution in [0.4, 0.5) is 5.69 Å². The number of nitrogens with one attached hydrogen (secondary N) is 3. The standard InChI is InChI=1S/C9H16N4O/c1-7(2)10-4-3-9(14)13-8-5-11-12-6-8/h5-7,10H,3-4H2,1-2H3,(H,11,12)(H,13,14). The Bertz CT molecular complexity index is 268. The van der Waals surface area contributed by atoms with E-state index in [0.29, 0.717) is 24.7 Å². The third-order valence-electron chi connectivity index (χ3n) is 1.69. The zero-order valence-electron chi connectivity index (χ0n) is 8.50. The first-order chi connectivity index (χ1) is 6.68. The van der Waals surface area contributed by atoms with Gasteiger partial charge in [0.25, 0.3) is 0 Å². The second-order valence-electron chi connectivity index (χ2n) is 3.39. The Morgan fingerprint density at radius 3 is 3.00 bits per heavy atom. The van der Waals surface area contributed by atoms with Gasteiger partial charge in [0.2, 0.25) is 5.91 Å². The van der Waals surface area contributed by atoms with Gasteiger partial charge in [-0.1, -0.05) is 13.8 Å². The van der Waals surface area contributed by atoms with Crippen LogP contribution in [0, 0.1) is 0 Å². The lowest BCUT2D eigenvalue weighted by atomic mass is 10.3. The lowest BCUT2D eigenvalue weighted by Crippen LogP contribution is -2.27.